The number of carbonyl (C=O) groups excluding carboxylic acids is 2. The summed E-state index contributed by atoms with van der Waals surface area (Å²) in [5.74, 6) is 0.0300. The Kier molecular flexibility index (Phi) is 4.92. The summed E-state index contributed by atoms with van der Waals surface area (Å²) in [5, 5.41) is 1.66. The highest BCUT2D eigenvalue weighted by molar-refractivity contribution is 6.08. The van der Waals surface area contributed by atoms with Crippen LogP contribution in [0.2, 0.25) is 0 Å². The van der Waals surface area contributed by atoms with Crippen molar-refractivity contribution in [1.82, 2.24) is 4.90 Å². The number of amides is 2. The first-order valence-corrected chi connectivity index (χ1v) is 9.57. The van der Waals surface area contributed by atoms with Gasteiger partial charge in [0.15, 0.2) is 6.10 Å². The summed E-state index contributed by atoms with van der Waals surface area (Å²) in [7, 11) is 3.15. The second kappa shape index (κ2) is 7.40. The summed E-state index contributed by atoms with van der Waals surface area (Å²) in [5.41, 5.74) is 1.53. The van der Waals surface area contributed by atoms with E-state index in [2.05, 4.69) is 0 Å². The van der Waals surface area contributed by atoms with E-state index in [0.717, 1.165) is 11.3 Å². The van der Waals surface area contributed by atoms with Crippen LogP contribution in [0.1, 0.15) is 25.5 Å². The minimum Gasteiger partial charge on any atom is -0.497 e. The molecule has 7 heteroatoms. The molecule has 2 saturated heterocycles. The van der Waals surface area contributed by atoms with E-state index < -0.39 is 18.1 Å². The van der Waals surface area contributed by atoms with Crippen molar-refractivity contribution in [3.63, 3.8) is 0 Å². The molecular weight excluding hydrogens is 372 g/mol. The Balaban J connectivity index is 1.84. The maximum absolute atomic E-state index is 13.3. The molecule has 29 heavy (non-hydrogen) atoms. The first-order valence-electron chi connectivity index (χ1n) is 9.57. The van der Waals surface area contributed by atoms with Crippen molar-refractivity contribution in [2.75, 3.05) is 19.3 Å². The molecule has 0 N–H and O–H groups in total. The van der Waals surface area contributed by atoms with E-state index in [0.29, 0.717) is 11.5 Å². The molecule has 2 aliphatic heterocycles. The molecule has 2 heterocycles. The smallest absolute Gasteiger partial charge is 0.262 e. The SMILES string of the molecule is COc1ccc([C@@H]2[C@@H]3C(=O)N(C(C)C)C(=O)[C@H]3ON2c2ccccc2)c(OC)c1. The van der Waals surface area contributed by atoms with Gasteiger partial charge in [-0.3, -0.25) is 19.3 Å². The number of fused-ring (bicyclic) bond motifs is 1. The van der Waals surface area contributed by atoms with Gasteiger partial charge in [-0.15, -0.1) is 0 Å². The number of hydrogen-bond acceptors (Lipinski definition) is 6. The van der Waals surface area contributed by atoms with Gasteiger partial charge in [-0.2, -0.15) is 0 Å². The van der Waals surface area contributed by atoms with Gasteiger partial charge in [0, 0.05) is 17.7 Å². The highest BCUT2D eigenvalue weighted by Crippen LogP contribution is 2.49. The van der Waals surface area contributed by atoms with Gasteiger partial charge in [-0.25, -0.2) is 5.06 Å². The van der Waals surface area contributed by atoms with E-state index >= 15 is 0 Å². The highest BCUT2D eigenvalue weighted by Gasteiger charge is 2.60. The van der Waals surface area contributed by atoms with E-state index in [9.17, 15) is 9.59 Å². The van der Waals surface area contributed by atoms with Crippen LogP contribution in [-0.4, -0.2) is 43.1 Å². The van der Waals surface area contributed by atoms with E-state index in [-0.39, 0.29) is 17.9 Å². The number of carbonyl (C=O) groups is 2. The zero-order valence-corrected chi connectivity index (χ0v) is 16.9. The second-order valence-electron chi connectivity index (χ2n) is 7.41. The number of methoxy groups -OCH3 is 2. The van der Waals surface area contributed by atoms with Gasteiger partial charge in [0.2, 0.25) is 5.91 Å². The maximum Gasteiger partial charge on any atom is 0.262 e. The number of nitrogens with zero attached hydrogens (tertiary/aromatic N) is 2. The molecule has 0 saturated carbocycles. The summed E-state index contributed by atoms with van der Waals surface area (Å²) < 4.78 is 10.9. The zero-order chi connectivity index (χ0) is 20.7. The van der Waals surface area contributed by atoms with Gasteiger partial charge in [0.25, 0.3) is 5.91 Å². The lowest BCUT2D eigenvalue weighted by atomic mass is 9.90. The Bertz CT molecular complexity index is 930. The Morgan fingerprint density at radius 3 is 2.31 bits per heavy atom. The molecule has 2 aromatic rings. The van der Waals surface area contributed by atoms with Gasteiger partial charge in [0.1, 0.15) is 17.4 Å². The van der Waals surface area contributed by atoms with E-state index in [1.54, 1.807) is 25.3 Å². The monoisotopic (exact) mass is 396 g/mol. The third kappa shape index (κ3) is 3.02. The van der Waals surface area contributed by atoms with Crippen LogP contribution >= 0.6 is 0 Å². The molecule has 2 fully saturated rings. The molecule has 7 nitrogen and oxygen atoms in total. The standard InChI is InChI=1S/C22H24N2O5/c1-13(2)23-21(25)18-19(16-11-10-15(27-3)12-17(16)28-4)24(29-20(18)22(23)26)14-8-6-5-7-9-14/h5-13,18-20H,1-4H3/t18-,19+,20-/m0/s1. The van der Waals surface area contributed by atoms with Crippen molar-refractivity contribution in [3.8, 4) is 11.5 Å². The number of benzene rings is 2. The fraction of sp³-hybridized carbons (Fsp3) is 0.364. The number of hydroxylamine groups is 1. The maximum atomic E-state index is 13.3. The fourth-order valence-electron chi connectivity index (χ4n) is 4.12. The van der Waals surface area contributed by atoms with Crippen molar-refractivity contribution in [3.05, 3.63) is 54.1 Å². The van der Waals surface area contributed by atoms with Crippen LogP contribution in [0.3, 0.4) is 0 Å². The largest absolute Gasteiger partial charge is 0.497 e. The number of rotatable bonds is 5. The van der Waals surface area contributed by atoms with Crippen LogP contribution in [-0.2, 0) is 14.4 Å². The van der Waals surface area contributed by atoms with Gasteiger partial charge < -0.3 is 9.47 Å². The first kappa shape index (κ1) is 19.3. The number of ether oxygens (including phenoxy) is 2. The molecule has 0 bridgehead atoms. The molecule has 2 amide bonds. The number of hydrogen-bond donors (Lipinski definition) is 0. The number of para-hydroxylation sites is 1. The highest BCUT2D eigenvalue weighted by atomic mass is 16.7. The predicted molar refractivity (Wildman–Crippen MR) is 107 cm³/mol. The fourth-order valence-corrected chi connectivity index (χ4v) is 4.12. The van der Waals surface area contributed by atoms with Crippen molar-refractivity contribution < 1.29 is 23.9 Å². The lowest BCUT2D eigenvalue weighted by Crippen LogP contribution is -2.41. The molecule has 152 valence electrons. The van der Waals surface area contributed by atoms with E-state index in [1.807, 2.05) is 56.3 Å². The number of likely N-dealkylation sites (tertiary alicyclic amines) is 1. The summed E-state index contributed by atoms with van der Waals surface area (Å²) in [6, 6.07) is 14.2. The lowest BCUT2D eigenvalue weighted by Gasteiger charge is -2.30. The average molecular weight is 396 g/mol. The average Bonchev–Trinajstić information content (AvgIpc) is 3.24. The van der Waals surface area contributed by atoms with Gasteiger partial charge in [-0.1, -0.05) is 18.2 Å². The van der Waals surface area contributed by atoms with Gasteiger partial charge in [0.05, 0.1) is 25.9 Å². The summed E-state index contributed by atoms with van der Waals surface area (Å²) >= 11 is 0. The van der Waals surface area contributed by atoms with Crippen molar-refractivity contribution in [2.45, 2.75) is 32.0 Å². The molecule has 0 aliphatic carbocycles. The Morgan fingerprint density at radius 2 is 1.69 bits per heavy atom. The molecular formula is C22H24N2O5. The third-order valence-corrected chi connectivity index (χ3v) is 5.44. The summed E-state index contributed by atoms with van der Waals surface area (Å²) in [6.45, 7) is 3.66. The molecule has 0 unspecified atom stereocenters. The van der Waals surface area contributed by atoms with Crippen molar-refractivity contribution in [2.24, 2.45) is 5.92 Å². The minimum atomic E-state index is -0.859. The van der Waals surface area contributed by atoms with Crippen LogP contribution in [0, 0.1) is 5.92 Å². The van der Waals surface area contributed by atoms with Crippen LogP contribution in [0.4, 0.5) is 5.69 Å². The summed E-state index contributed by atoms with van der Waals surface area (Å²) in [6.07, 6.45) is -0.859. The normalized spacial score (nSPS) is 23.7. The molecule has 0 spiro atoms. The van der Waals surface area contributed by atoms with Crippen LogP contribution < -0.4 is 14.5 Å². The van der Waals surface area contributed by atoms with Crippen LogP contribution in [0.25, 0.3) is 0 Å². The Labute approximate surface area is 169 Å². The second-order valence-corrected chi connectivity index (χ2v) is 7.41. The molecule has 0 aromatic heterocycles. The predicted octanol–water partition coefficient (Wildman–Crippen LogP) is 2.96. The Morgan fingerprint density at radius 1 is 0.966 bits per heavy atom. The first-order chi connectivity index (χ1) is 14.0. The van der Waals surface area contributed by atoms with Crippen LogP contribution in [0.15, 0.2) is 48.5 Å². The molecule has 0 radical (unpaired) electrons. The Hall–Kier alpha value is -3.06. The lowest BCUT2D eigenvalue weighted by molar-refractivity contribution is -0.145. The third-order valence-electron chi connectivity index (χ3n) is 5.44. The van der Waals surface area contributed by atoms with E-state index in [4.69, 9.17) is 14.3 Å². The molecule has 2 aromatic carbocycles. The number of imide groups is 1. The topological polar surface area (TPSA) is 68.3 Å². The van der Waals surface area contributed by atoms with Crippen molar-refractivity contribution in [1.29, 1.82) is 0 Å². The molecule has 2 aliphatic rings. The van der Waals surface area contributed by atoms with Gasteiger partial charge in [-0.05, 0) is 38.1 Å². The van der Waals surface area contributed by atoms with E-state index in [1.165, 1.54) is 4.90 Å². The quantitative estimate of drug-likeness (QED) is 0.724. The zero-order valence-electron chi connectivity index (χ0n) is 16.9. The van der Waals surface area contributed by atoms with Crippen LogP contribution in [0.5, 0.6) is 11.5 Å². The molecule has 4 rings (SSSR count). The molecule has 3 atom stereocenters. The van der Waals surface area contributed by atoms with Gasteiger partial charge >= 0.3 is 0 Å². The summed E-state index contributed by atoms with van der Waals surface area (Å²) in [4.78, 5) is 33.6. The number of anilines is 1. The minimum absolute atomic E-state index is 0.226. The van der Waals surface area contributed by atoms with Crippen molar-refractivity contribution >= 4 is 17.5 Å².